The number of carbonyl (C=O) groups excluding carboxylic acids is 1. The fourth-order valence-corrected chi connectivity index (χ4v) is 2.79. The van der Waals surface area contributed by atoms with E-state index in [1.54, 1.807) is 6.07 Å². The Kier molecular flexibility index (Phi) is 3.57. The number of aromatic amines is 2. The minimum absolute atomic E-state index is 0.0265. The summed E-state index contributed by atoms with van der Waals surface area (Å²) in [4.78, 5) is 29.9. The summed E-state index contributed by atoms with van der Waals surface area (Å²) < 4.78 is 18.8. The van der Waals surface area contributed by atoms with Crippen LogP contribution < -0.4 is 5.56 Å². The quantitative estimate of drug-likeness (QED) is 0.562. The first-order chi connectivity index (χ1) is 12.1. The lowest BCUT2D eigenvalue weighted by atomic mass is 10.1. The topological polar surface area (TPSA) is 75.0 Å². The number of nitrogens with one attached hydrogen (secondary N) is 2. The molecule has 4 rings (SSSR count). The van der Waals surface area contributed by atoms with Crippen molar-refractivity contribution in [2.45, 2.75) is 6.61 Å². The smallest absolute Gasteiger partial charge is 0.355 e. The zero-order valence-corrected chi connectivity index (χ0v) is 13.0. The molecule has 0 fully saturated rings. The number of aromatic nitrogens is 2. The van der Waals surface area contributed by atoms with Gasteiger partial charge in [0.05, 0.1) is 0 Å². The van der Waals surface area contributed by atoms with E-state index in [2.05, 4.69) is 9.97 Å². The molecule has 0 radical (unpaired) electrons. The van der Waals surface area contributed by atoms with E-state index in [9.17, 15) is 14.0 Å². The molecule has 124 valence electrons. The van der Waals surface area contributed by atoms with Crippen molar-refractivity contribution in [1.82, 2.24) is 9.97 Å². The Bertz CT molecular complexity index is 1150. The average molecular weight is 336 g/mol. The van der Waals surface area contributed by atoms with E-state index in [0.29, 0.717) is 21.8 Å². The number of ether oxygens (including phenoxy) is 1. The molecule has 2 heterocycles. The molecule has 2 aromatic carbocycles. The van der Waals surface area contributed by atoms with Gasteiger partial charge in [-0.2, -0.15) is 0 Å². The van der Waals surface area contributed by atoms with Crippen LogP contribution >= 0.6 is 0 Å². The normalized spacial score (nSPS) is 11.1. The molecule has 2 aromatic heterocycles. The second-order valence-corrected chi connectivity index (χ2v) is 5.68. The molecule has 0 aliphatic rings. The Balaban J connectivity index is 1.72. The Morgan fingerprint density at radius 1 is 1.00 bits per heavy atom. The number of pyridine rings is 1. The van der Waals surface area contributed by atoms with Gasteiger partial charge in [-0.15, -0.1) is 0 Å². The van der Waals surface area contributed by atoms with Crippen LogP contribution in [0.5, 0.6) is 0 Å². The van der Waals surface area contributed by atoms with E-state index < -0.39 is 17.3 Å². The lowest BCUT2D eigenvalue weighted by molar-refractivity contribution is 0.0465. The van der Waals surface area contributed by atoms with Crippen LogP contribution in [0, 0.1) is 5.82 Å². The summed E-state index contributed by atoms with van der Waals surface area (Å²) in [7, 11) is 0. The third-order valence-corrected chi connectivity index (χ3v) is 4.00. The number of carbonyl (C=O) groups is 1. The second-order valence-electron chi connectivity index (χ2n) is 5.68. The van der Waals surface area contributed by atoms with Gasteiger partial charge < -0.3 is 14.7 Å². The molecule has 0 saturated heterocycles. The predicted octanol–water partition coefficient (Wildman–Crippen LogP) is 3.51. The summed E-state index contributed by atoms with van der Waals surface area (Å²) in [6.07, 6.45) is 0. The molecule has 0 saturated carbocycles. The first-order valence-electron chi connectivity index (χ1n) is 7.67. The van der Waals surface area contributed by atoms with Gasteiger partial charge >= 0.3 is 5.97 Å². The van der Waals surface area contributed by atoms with Gasteiger partial charge in [-0.25, -0.2) is 9.18 Å². The maximum atomic E-state index is 13.5. The first kappa shape index (κ1) is 15.1. The molecule has 0 amide bonds. The molecule has 6 heteroatoms. The van der Waals surface area contributed by atoms with E-state index in [1.807, 2.05) is 30.3 Å². The van der Waals surface area contributed by atoms with Gasteiger partial charge in [0, 0.05) is 16.3 Å². The molecule has 0 aliphatic carbocycles. The van der Waals surface area contributed by atoms with Gasteiger partial charge in [-0.3, -0.25) is 4.79 Å². The largest absolute Gasteiger partial charge is 0.456 e. The van der Waals surface area contributed by atoms with Gasteiger partial charge in [0.1, 0.15) is 23.6 Å². The van der Waals surface area contributed by atoms with Crippen molar-refractivity contribution in [1.29, 1.82) is 0 Å². The second kappa shape index (κ2) is 5.90. The summed E-state index contributed by atoms with van der Waals surface area (Å²) in [6.45, 7) is 0.0995. The number of benzene rings is 2. The Morgan fingerprint density at radius 3 is 2.60 bits per heavy atom. The molecule has 0 unspecified atom stereocenters. The van der Waals surface area contributed by atoms with Gasteiger partial charge in [-0.1, -0.05) is 30.3 Å². The fraction of sp³-hybridized carbons (Fsp3) is 0.0526. The van der Waals surface area contributed by atoms with Crippen molar-refractivity contribution in [3.8, 4) is 0 Å². The number of rotatable bonds is 3. The van der Waals surface area contributed by atoms with Crippen molar-refractivity contribution in [2.75, 3.05) is 0 Å². The Hall–Kier alpha value is -3.41. The van der Waals surface area contributed by atoms with Crippen molar-refractivity contribution in [2.24, 2.45) is 0 Å². The average Bonchev–Trinajstić information content (AvgIpc) is 2.99. The molecule has 2 N–H and O–H groups in total. The third-order valence-electron chi connectivity index (χ3n) is 4.00. The summed E-state index contributed by atoms with van der Waals surface area (Å²) in [6, 6.07) is 14.9. The van der Waals surface area contributed by atoms with Crippen LogP contribution in [0.4, 0.5) is 4.39 Å². The summed E-state index contributed by atoms with van der Waals surface area (Å²) in [5.74, 6) is -1.06. The maximum Gasteiger partial charge on any atom is 0.355 e. The number of H-pyrrole nitrogens is 2. The number of halogens is 1. The zero-order valence-electron chi connectivity index (χ0n) is 13.0. The van der Waals surface area contributed by atoms with Gasteiger partial charge in [-0.05, 0) is 29.8 Å². The lowest BCUT2D eigenvalue weighted by Gasteiger charge is -2.05. The van der Waals surface area contributed by atoms with Crippen LogP contribution in [0.25, 0.3) is 21.8 Å². The molecule has 25 heavy (non-hydrogen) atoms. The Morgan fingerprint density at radius 2 is 1.80 bits per heavy atom. The molecule has 0 aliphatic heterocycles. The molecule has 4 aromatic rings. The molecule has 0 atom stereocenters. The molecule has 0 bridgehead atoms. The highest BCUT2D eigenvalue weighted by molar-refractivity contribution is 6.08. The Labute approximate surface area is 141 Å². The highest BCUT2D eigenvalue weighted by Gasteiger charge is 2.15. The molecule has 0 spiro atoms. The molecular formula is C19H13FN2O3. The fourth-order valence-electron chi connectivity index (χ4n) is 2.79. The third kappa shape index (κ3) is 2.78. The minimum Gasteiger partial charge on any atom is -0.456 e. The van der Waals surface area contributed by atoms with Crippen LogP contribution in [-0.4, -0.2) is 15.9 Å². The van der Waals surface area contributed by atoms with Crippen LogP contribution in [0.15, 0.2) is 59.4 Å². The highest BCUT2D eigenvalue weighted by atomic mass is 19.1. The van der Waals surface area contributed by atoms with Crippen molar-refractivity contribution in [3.05, 3.63) is 82.0 Å². The van der Waals surface area contributed by atoms with E-state index in [1.165, 1.54) is 18.2 Å². The summed E-state index contributed by atoms with van der Waals surface area (Å²) in [5, 5.41) is 1.02. The highest BCUT2D eigenvalue weighted by Crippen LogP contribution is 2.24. The van der Waals surface area contributed by atoms with Gasteiger partial charge in [0.15, 0.2) is 0 Å². The van der Waals surface area contributed by atoms with Crippen molar-refractivity contribution < 1.29 is 13.9 Å². The van der Waals surface area contributed by atoms with E-state index in [0.717, 1.165) is 5.56 Å². The number of esters is 1. The monoisotopic (exact) mass is 336 g/mol. The van der Waals surface area contributed by atoms with Crippen LogP contribution in [0.2, 0.25) is 0 Å². The lowest BCUT2D eigenvalue weighted by Crippen LogP contribution is -2.15. The predicted molar refractivity (Wildman–Crippen MR) is 91.9 cm³/mol. The van der Waals surface area contributed by atoms with Gasteiger partial charge in [0.2, 0.25) is 0 Å². The number of fused-ring (bicyclic) bond motifs is 3. The maximum absolute atomic E-state index is 13.5. The van der Waals surface area contributed by atoms with Crippen LogP contribution in [0.3, 0.4) is 0 Å². The number of hydrogen-bond donors (Lipinski definition) is 2. The van der Waals surface area contributed by atoms with Crippen molar-refractivity contribution in [3.63, 3.8) is 0 Å². The van der Waals surface area contributed by atoms with E-state index in [4.69, 9.17) is 4.74 Å². The summed E-state index contributed by atoms with van der Waals surface area (Å²) >= 11 is 0. The van der Waals surface area contributed by atoms with E-state index >= 15 is 0 Å². The zero-order chi connectivity index (χ0) is 17.4. The van der Waals surface area contributed by atoms with Crippen LogP contribution in [0.1, 0.15) is 16.1 Å². The van der Waals surface area contributed by atoms with E-state index in [-0.39, 0.29) is 12.3 Å². The minimum atomic E-state index is -0.645. The van der Waals surface area contributed by atoms with Gasteiger partial charge in [0.25, 0.3) is 5.56 Å². The van der Waals surface area contributed by atoms with Crippen LogP contribution in [-0.2, 0) is 11.3 Å². The number of hydrogen-bond acceptors (Lipinski definition) is 3. The standard InChI is InChI=1S/C19H13FN2O3/c20-12-6-7-15-13(8-12)14-9-16(22-18(23)17(14)21-15)19(24)25-10-11-4-2-1-3-5-11/h1-9,21H,10H2,(H,22,23). The first-order valence-corrected chi connectivity index (χ1v) is 7.67. The molecule has 5 nitrogen and oxygen atoms in total. The SMILES string of the molecule is O=C(OCc1ccccc1)c1cc2c([nH]c3ccc(F)cc32)c(=O)[nH]1. The summed E-state index contributed by atoms with van der Waals surface area (Å²) in [5.41, 5.74) is 1.32. The van der Waals surface area contributed by atoms with Crippen molar-refractivity contribution >= 4 is 27.8 Å². The molecular weight excluding hydrogens is 323 g/mol.